The van der Waals surface area contributed by atoms with Crippen LogP contribution in [-0.2, 0) is 0 Å². The summed E-state index contributed by atoms with van der Waals surface area (Å²) in [4.78, 5) is 11.1. The number of carbonyl (C=O) groups is 1. The summed E-state index contributed by atoms with van der Waals surface area (Å²) in [6.07, 6.45) is 3.57. The second kappa shape index (κ2) is 2.89. The summed E-state index contributed by atoms with van der Waals surface area (Å²) in [6, 6.07) is 0.0180. The number of hydrogen-bond donors (Lipinski definition) is 2. The minimum Gasteiger partial charge on any atom is -0.336 e. The number of amides is 2. The fourth-order valence-electron chi connectivity index (χ4n) is 2.59. The first kappa shape index (κ1) is 8.85. The molecule has 74 valence electrons. The Kier molecular flexibility index (Phi) is 1.97. The summed E-state index contributed by atoms with van der Waals surface area (Å²) < 4.78 is 0. The molecule has 1 aliphatic carbocycles. The fourth-order valence-corrected chi connectivity index (χ4v) is 2.59. The Morgan fingerprint density at radius 1 is 1.54 bits per heavy atom. The molecular formula is C10H18N2O. The van der Waals surface area contributed by atoms with E-state index in [4.69, 9.17) is 0 Å². The molecule has 3 nitrogen and oxygen atoms in total. The van der Waals surface area contributed by atoms with Crippen molar-refractivity contribution in [1.82, 2.24) is 10.6 Å². The van der Waals surface area contributed by atoms with Gasteiger partial charge in [-0.1, -0.05) is 13.8 Å². The van der Waals surface area contributed by atoms with Gasteiger partial charge in [0.15, 0.2) is 0 Å². The van der Waals surface area contributed by atoms with Crippen molar-refractivity contribution < 1.29 is 4.79 Å². The van der Waals surface area contributed by atoms with E-state index in [9.17, 15) is 4.79 Å². The lowest BCUT2D eigenvalue weighted by Crippen LogP contribution is -2.41. The molecule has 3 heteroatoms. The molecule has 2 N–H and O–H groups in total. The van der Waals surface area contributed by atoms with E-state index in [-0.39, 0.29) is 11.6 Å². The quantitative estimate of drug-likeness (QED) is 0.634. The van der Waals surface area contributed by atoms with Gasteiger partial charge >= 0.3 is 6.03 Å². The van der Waals surface area contributed by atoms with E-state index in [1.165, 1.54) is 6.42 Å². The maximum absolute atomic E-state index is 11.1. The van der Waals surface area contributed by atoms with Crippen molar-refractivity contribution in [2.75, 3.05) is 6.54 Å². The Balaban J connectivity index is 2.01. The largest absolute Gasteiger partial charge is 0.336 e. The van der Waals surface area contributed by atoms with Crippen LogP contribution in [-0.4, -0.2) is 18.1 Å². The molecule has 1 aliphatic heterocycles. The Labute approximate surface area is 79.3 Å². The molecule has 2 amide bonds. The number of nitrogens with one attached hydrogen (secondary N) is 2. The van der Waals surface area contributed by atoms with Gasteiger partial charge in [0.25, 0.3) is 0 Å². The molecule has 0 aromatic heterocycles. The number of urea groups is 1. The van der Waals surface area contributed by atoms with E-state index >= 15 is 0 Å². The molecule has 2 aliphatic rings. The number of carbonyl (C=O) groups excluding carboxylic acids is 1. The van der Waals surface area contributed by atoms with E-state index in [1.54, 1.807) is 0 Å². The maximum Gasteiger partial charge on any atom is 0.315 e. The zero-order valence-electron chi connectivity index (χ0n) is 8.39. The second-order valence-corrected chi connectivity index (χ2v) is 4.83. The lowest BCUT2D eigenvalue weighted by atomic mass is 9.91. The molecule has 2 fully saturated rings. The average molecular weight is 182 g/mol. The van der Waals surface area contributed by atoms with Crippen LogP contribution in [0.2, 0.25) is 0 Å². The van der Waals surface area contributed by atoms with Crippen molar-refractivity contribution in [2.45, 2.75) is 38.6 Å². The second-order valence-electron chi connectivity index (χ2n) is 4.83. The number of hydrogen-bond acceptors (Lipinski definition) is 1. The highest BCUT2D eigenvalue weighted by Crippen LogP contribution is 2.39. The van der Waals surface area contributed by atoms with Crippen molar-refractivity contribution in [1.29, 1.82) is 0 Å². The van der Waals surface area contributed by atoms with Crippen molar-refractivity contribution in [2.24, 2.45) is 11.8 Å². The van der Waals surface area contributed by atoms with Crippen LogP contribution >= 0.6 is 0 Å². The standard InChI is InChI=1S/C10H18N2O/c1-7(2)8-3-4-10(5-8)6-11-9(13)12-10/h7-8H,3-6H2,1-2H3,(H2,11,12,13)/t8-,10-/m0/s1. The molecule has 13 heavy (non-hydrogen) atoms. The van der Waals surface area contributed by atoms with Gasteiger partial charge in [-0.15, -0.1) is 0 Å². The van der Waals surface area contributed by atoms with E-state index in [2.05, 4.69) is 24.5 Å². The molecule has 2 rings (SSSR count). The summed E-state index contributed by atoms with van der Waals surface area (Å²) in [5.74, 6) is 1.54. The highest BCUT2D eigenvalue weighted by Gasteiger charge is 2.44. The third-order valence-corrected chi connectivity index (χ3v) is 3.56. The minimum atomic E-state index is 0.0180. The number of rotatable bonds is 1. The van der Waals surface area contributed by atoms with Gasteiger partial charge in [0.1, 0.15) is 0 Å². The SMILES string of the molecule is CC(C)[C@H]1CC[C@@]2(CNC(=O)N2)C1. The van der Waals surface area contributed by atoms with E-state index in [0.717, 1.165) is 31.2 Å². The van der Waals surface area contributed by atoms with E-state index < -0.39 is 0 Å². The first-order valence-corrected chi connectivity index (χ1v) is 5.17. The summed E-state index contributed by atoms with van der Waals surface area (Å²) in [5, 5.41) is 5.93. The Hall–Kier alpha value is -0.730. The van der Waals surface area contributed by atoms with Crippen LogP contribution in [0.3, 0.4) is 0 Å². The maximum atomic E-state index is 11.1. The molecule has 1 heterocycles. The predicted molar refractivity (Wildman–Crippen MR) is 51.4 cm³/mol. The van der Waals surface area contributed by atoms with Crippen LogP contribution in [0.1, 0.15) is 33.1 Å². The lowest BCUT2D eigenvalue weighted by molar-refractivity contribution is 0.243. The van der Waals surface area contributed by atoms with Crippen molar-refractivity contribution in [3.05, 3.63) is 0 Å². The molecule has 0 unspecified atom stereocenters. The highest BCUT2D eigenvalue weighted by atomic mass is 16.2. The summed E-state index contributed by atoms with van der Waals surface area (Å²) in [6.45, 7) is 5.37. The van der Waals surface area contributed by atoms with Gasteiger partial charge in [0.05, 0.1) is 5.54 Å². The summed E-state index contributed by atoms with van der Waals surface area (Å²) in [7, 11) is 0. The highest BCUT2D eigenvalue weighted by molar-refractivity contribution is 5.77. The normalized spacial score (nSPS) is 38.4. The first-order chi connectivity index (χ1) is 6.11. The Morgan fingerprint density at radius 2 is 2.31 bits per heavy atom. The molecule has 1 spiro atoms. The molecule has 0 bridgehead atoms. The zero-order chi connectivity index (χ0) is 9.47. The Bertz CT molecular complexity index is 227. The van der Waals surface area contributed by atoms with Crippen molar-refractivity contribution >= 4 is 6.03 Å². The van der Waals surface area contributed by atoms with Gasteiger partial charge in [-0.05, 0) is 31.1 Å². The van der Waals surface area contributed by atoms with Crippen LogP contribution in [0.4, 0.5) is 4.79 Å². The monoisotopic (exact) mass is 182 g/mol. The lowest BCUT2D eigenvalue weighted by Gasteiger charge is -2.22. The molecule has 0 aromatic carbocycles. The van der Waals surface area contributed by atoms with Crippen LogP contribution in [0.25, 0.3) is 0 Å². The van der Waals surface area contributed by atoms with Crippen molar-refractivity contribution in [3.8, 4) is 0 Å². The molecule has 2 atom stereocenters. The molecule has 0 radical (unpaired) electrons. The third kappa shape index (κ3) is 1.52. The van der Waals surface area contributed by atoms with Gasteiger partial charge in [-0.3, -0.25) is 0 Å². The molecule has 0 aromatic rings. The summed E-state index contributed by atoms with van der Waals surface area (Å²) in [5.41, 5.74) is 0.103. The van der Waals surface area contributed by atoms with Crippen LogP contribution in [0.15, 0.2) is 0 Å². The van der Waals surface area contributed by atoms with Gasteiger partial charge in [-0.25, -0.2) is 4.79 Å². The van der Waals surface area contributed by atoms with Crippen LogP contribution in [0.5, 0.6) is 0 Å². The first-order valence-electron chi connectivity index (χ1n) is 5.17. The van der Waals surface area contributed by atoms with E-state index in [0.29, 0.717) is 0 Å². The summed E-state index contributed by atoms with van der Waals surface area (Å²) >= 11 is 0. The Morgan fingerprint density at radius 3 is 2.77 bits per heavy atom. The molecular weight excluding hydrogens is 164 g/mol. The van der Waals surface area contributed by atoms with Gasteiger partial charge < -0.3 is 10.6 Å². The zero-order valence-corrected chi connectivity index (χ0v) is 8.39. The molecule has 1 saturated heterocycles. The predicted octanol–water partition coefficient (Wildman–Crippen LogP) is 1.49. The smallest absolute Gasteiger partial charge is 0.315 e. The fraction of sp³-hybridized carbons (Fsp3) is 0.900. The third-order valence-electron chi connectivity index (χ3n) is 3.56. The van der Waals surface area contributed by atoms with Crippen LogP contribution in [0, 0.1) is 11.8 Å². The topological polar surface area (TPSA) is 41.1 Å². The minimum absolute atomic E-state index is 0.0180. The van der Waals surface area contributed by atoms with Gasteiger partial charge in [0, 0.05) is 6.54 Å². The van der Waals surface area contributed by atoms with E-state index in [1.807, 2.05) is 0 Å². The van der Waals surface area contributed by atoms with Crippen molar-refractivity contribution in [3.63, 3.8) is 0 Å². The van der Waals surface area contributed by atoms with Gasteiger partial charge in [-0.2, -0.15) is 0 Å². The average Bonchev–Trinajstić information content (AvgIpc) is 2.61. The van der Waals surface area contributed by atoms with Gasteiger partial charge in [0.2, 0.25) is 0 Å². The molecule has 1 saturated carbocycles. The van der Waals surface area contributed by atoms with Crippen LogP contribution < -0.4 is 10.6 Å².